The first-order chi connectivity index (χ1) is 7.04. The highest BCUT2D eigenvalue weighted by Gasteiger charge is 2.29. The lowest BCUT2D eigenvalue weighted by Gasteiger charge is -2.14. The number of ketones is 1. The van der Waals surface area contributed by atoms with Crippen LogP contribution in [0.5, 0.6) is 0 Å². The molecule has 3 unspecified atom stereocenters. The van der Waals surface area contributed by atoms with E-state index in [2.05, 4.69) is 5.32 Å². The number of carbonyl (C=O) groups excluding carboxylic acids is 2. The predicted molar refractivity (Wildman–Crippen MR) is 56.4 cm³/mol. The highest BCUT2D eigenvalue weighted by atomic mass is 16.5. The number of Topliss-reactive ketones (excluding diaryl/α,β-unsaturated/α-hetero) is 1. The molecule has 0 aromatic carbocycles. The molecule has 1 heterocycles. The Labute approximate surface area is 90.4 Å². The van der Waals surface area contributed by atoms with Gasteiger partial charge in [-0.2, -0.15) is 0 Å². The maximum atomic E-state index is 11.7. The number of carbonyl (C=O) groups is 2. The van der Waals surface area contributed by atoms with Gasteiger partial charge in [-0.05, 0) is 20.3 Å². The van der Waals surface area contributed by atoms with Gasteiger partial charge in [-0.15, -0.1) is 0 Å². The molecular weight excluding hydrogens is 194 g/mol. The molecule has 0 bridgehead atoms. The number of amides is 1. The van der Waals surface area contributed by atoms with Crippen LogP contribution in [0.3, 0.4) is 0 Å². The van der Waals surface area contributed by atoms with Gasteiger partial charge in [0, 0.05) is 6.42 Å². The molecule has 86 valence electrons. The summed E-state index contributed by atoms with van der Waals surface area (Å²) in [7, 11) is 0. The van der Waals surface area contributed by atoms with Gasteiger partial charge in [0.1, 0.15) is 0 Å². The Hall–Kier alpha value is -0.900. The van der Waals surface area contributed by atoms with E-state index in [0.29, 0.717) is 13.0 Å². The fraction of sp³-hybridized carbons (Fsp3) is 0.818. The van der Waals surface area contributed by atoms with E-state index in [4.69, 9.17) is 4.74 Å². The number of ether oxygens (including phenoxy) is 1. The van der Waals surface area contributed by atoms with E-state index in [1.54, 1.807) is 13.8 Å². The summed E-state index contributed by atoms with van der Waals surface area (Å²) in [5, 5.41) is 2.72. The molecule has 1 aliphatic rings. The topological polar surface area (TPSA) is 55.4 Å². The van der Waals surface area contributed by atoms with Crippen molar-refractivity contribution in [1.82, 2.24) is 5.32 Å². The van der Waals surface area contributed by atoms with Crippen molar-refractivity contribution in [1.29, 1.82) is 0 Å². The minimum Gasteiger partial charge on any atom is -0.378 e. The lowest BCUT2D eigenvalue weighted by molar-refractivity contribution is -0.129. The van der Waals surface area contributed by atoms with E-state index in [-0.39, 0.29) is 29.8 Å². The van der Waals surface area contributed by atoms with Gasteiger partial charge in [-0.3, -0.25) is 9.59 Å². The van der Waals surface area contributed by atoms with Crippen molar-refractivity contribution in [2.75, 3.05) is 6.61 Å². The molecule has 4 nitrogen and oxygen atoms in total. The average molecular weight is 213 g/mol. The van der Waals surface area contributed by atoms with Crippen LogP contribution in [0, 0.1) is 5.92 Å². The maximum absolute atomic E-state index is 11.7. The summed E-state index contributed by atoms with van der Waals surface area (Å²) in [6.45, 7) is 5.95. The quantitative estimate of drug-likeness (QED) is 0.754. The Balaban J connectivity index is 2.38. The summed E-state index contributed by atoms with van der Waals surface area (Å²) in [6, 6.07) is -0.376. The van der Waals surface area contributed by atoms with E-state index < -0.39 is 0 Å². The molecule has 0 aliphatic carbocycles. The monoisotopic (exact) mass is 213 g/mol. The Morgan fingerprint density at radius 1 is 1.53 bits per heavy atom. The molecule has 3 atom stereocenters. The predicted octanol–water partition coefficient (Wildman–Crippen LogP) is 0.895. The second kappa shape index (κ2) is 5.26. The number of nitrogens with one attached hydrogen (secondary N) is 1. The smallest absolute Gasteiger partial charge is 0.226 e. The lowest BCUT2D eigenvalue weighted by Crippen LogP contribution is -2.41. The molecular formula is C11H19NO3. The second-order valence-corrected chi connectivity index (χ2v) is 4.13. The number of hydrogen-bond donors (Lipinski definition) is 1. The van der Waals surface area contributed by atoms with Gasteiger partial charge in [-0.1, -0.05) is 6.92 Å². The third-order valence-corrected chi connectivity index (χ3v) is 2.76. The van der Waals surface area contributed by atoms with Crippen LogP contribution in [0.4, 0.5) is 0 Å². The summed E-state index contributed by atoms with van der Waals surface area (Å²) in [4.78, 5) is 23.0. The Kier molecular flexibility index (Phi) is 4.27. The first-order valence-corrected chi connectivity index (χ1v) is 5.49. The molecule has 4 heteroatoms. The third-order valence-electron chi connectivity index (χ3n) is 2.76. The van der Waals surface area contributed by atoms with Crippen LogP contribution in [-0.4, -0.2) is 30.4 Å². The molecule has 0 spiro atoms. The zero-order valence-corrected chi connectivity index (χ0v) is 9.58. The molecule has 1 N–H and O–H groups in total. The first-order valence-electron chi connectivity index (χ1n) is 5.49. The Morgan fingerprint density at radius 2 is 2.20 bits per heavy atom. The zero-order valence-electron chi connectivity index (χ0n) is 9.58. The van der Waals surface area contributed by atoms with E-state index in [1.807, 2.05) is 6.92 Å². The highest BCUT2D eigenvalue weighted by molar-refractivity contribution is 5.89. The van der Waals surface area contributed by atoms with E-state index in [1.165, 1.54) is 0 Å². The van der Waals surface area contributed by atoms with E-state index in [0.717, 1.165) is 6.42 Å². The van der Waals surface area contributed by atoms with Crippen LogP contribution in [0.1, 0.15) is 33.6 Å². The molecule has 0 aromatic heterocycles. The number of hydrogen-bond acceptors (Lipinski definition) is 3. The standard InChI is InChI=1S/C11H19NO3/c1-4-10(13)8(3)12-11(14)9-5-7(2)15-6-9/h7-9H,4-6H2,1-3H3,(H,12,14). The maximum Gasteiger partial charge on any atom is 0.226 e. The van der Waals surface area contributed by atoms with Crippen molar-refractivity contribution in [3.8, 4) is 0 Å². The normalized spacial score (nSPS) is 27.4. The van der Waals surface area contributed by atoms with Gasteiger partial charge in [0.15, 0.2) is 5.78 Å². The summed E-state index contributed by atoms with van der Waals surface area (Å²) < 4.78 is 5.31. The van der Waals surface area contributed by atoms with Crippen LogP contribution in [0.15, 0.2) is 0 Å². The SMILES string of the molecule is CCC(=O)C(C)NC(=O)C1COC(C)C1. The lowest BCUT2D eigenvalue weighted by atomic mass is 10.0. The van der Waals surface area contributed by atoms with Crippen LogP contribution in [0.2, 0.25) is 0 Å². The van der Waals surface area contributed by atoms with Gasteiger partial charge in [0.05, 0.1) is 24.7 Å². The van der Waals surface area contributed by atoms with Gasteiger partial charge in [0.2, 0.25) is 5.91 Å². The molecule has 1 saturated heterocycles. The van der Waals surface area contributed by atoms with Gasteiger partial charge < -0.3 is 10.1 Å². The fourth-order valence-corrected chi connectivity index (χ4v) is 1.72. The zero-order chi connectivity index (χ0) is 11.4. The molecule has 0 aromatic rings. The molecule has 15 heavy (non-hydrogen) atoms. The van der Waals surface area contributed by atoms with Crippen molar-refractivity contribution in [3.63, 3.8) is 0 Å². The van der Waals surface area contributed by atoms with Crippen molar-refractivity contribution in [3.05, 3.63) is 0 Å². The second-order valence-electron chi connectivity index (χ2n) is 4.13. The van der Waals surface area contributed by atoms with E-state index >= 15 is 0 Å². The number of rotatable bonds is 4. The van der Waals surface area contributed by atoms with Gasteiger partial charge in [0.25, 0.3) is 0 Å². The van der Waals surface area contributed by atoms with Crippen molar-refractivity contribution >= 4 is 11.7 Å². The van der Waals surface area contributed by atoms with Gasteiger partial charge in [-0.25, -0.2) is 0 Å². The third kappa shape index (κ3) is 3.30. The molecule has 1 fully saturated rings. The summed E-state index contributed by atoms with van der Waals surface area (Å²) >= 11 is 0. The Bertz CT molecular complexity index is 252. The summed E-state index contributed by atoms with van der Waals surface area (Å²) in [5.74, 6) is -0.0870. The highest BCUT2D eigenvalue weighted by Crippen LogP contribution is 2.19. The summed E-state index contributed by atoms with van der Waals surface area (Å²) in [5.41, 5.74) is 0. The minimum atomic E-state index is -0.376. The average Bonchev–Trinajstić information content (AvgIpc) is 2.63. The van der Waals surface area contributed by atoms with Crippen LogP contribution < -0.4 is 5.32 Å². The largest absolute Gasteiger partial charge is 0.378 e. The van der Waals surface area contributed by atoms with E-state index in [9.17, 15) is 9.59 Å². The van der Waals surface area contributed by atoms with Crippen molar-refractivity contribution in [2.24, 2.45) is 5.92 Å². The Morgan fingerprint density at radius 3 is 2.67 bits per heavy atom. The first kappa shape index (κ1) is 12.2. The minimum absolute atomic E-state index is 0.0614. The van der Waals surface area contributed by atoms with Gasteiger partial charge >= 0.3 is 0 Å². The molecule has 1 amide bonds. The fourth-order valence-electron chi connectivity index (χ4n) is 1.72. The van der Waals surface area contributed by atoms with Crippen LogP contribution >= 0.6 is 0 Å². The van der Waals surface area contributed by atoms with Crippen LogP contribution in [-0.2, 0) is 14.3 Å². The molecule has 1 rings (SSSR count). The molecule has 0 radical (unpaired) electrons. The van der Waals surface area contributed by atoms with Crippen molar-refractivity contribution in [2.45, 2.75) is 45.8 Å². The van der Waals surface area contributed by atoms with Crippen LogP contribution in [0.25, 0.3) is 0 Å². The van der Waals surface area contributed by atoms with Crippen molar-refractivity contribution < 1.29 is 14.3 Å². The molecule has 0 saturated carbocycles. The summed E-state index contributed by atoms with van der Waals surface area (Å²) in [6.07, 6.45) is 1.36. The molecule has 1 aliphatic heterocycles.